The summed E-state index contributed by atoms with van der Waals surface area (Å²) in [6.07, 6.45) is 5.42. The van der Waals surface area contributed by atoms with Crippen LogP contribution in [-0.4, -0.2) is 36.8 Å². The van der Waals surface area contributed by atoms with Crippen LogP contribution < -0.4 is 15.7 Å². The number of hydrogen-bond acceptors (Lipinski definition) is 6. The van der Waals surface area contributed by atoms with E-state index in [4.69, 9.17) is 9.84 Å². The summed E-state index contributed by atoms with van der Waals surface area (Å²) in [5.41, 5.74) is 6.97. The van der Waals surface area contributed by atoms with E-state index in [9.17, 15) is 9.59 Å². The second kappa shape index (κ2) is 9.19. The molecule has 4 heterocycles. The van der Waals surface area contributed by atoms with Crippen molar-refractivity contribution in [2.45, 2.75) is 13.3 Å². The third-order valence-electron chi connectivity index (χ3n) is 6.18. The molecule has 4 aromatic heterocycles. The maximum absolute atomic E-state index is 13.2. The summed E-state index contributed by atoms with van der Waals surface area (Å²) in [4.78, 5) is 34.7. The van der Waals surface area contributed by atoms with Gasteiger partial charge < -0.3 is 4.74 Å². The van der Waals surface area contributed by atoms with E-state index in [2.05, 4.69) is 15.4 Å². The molecule has 0 atom stereocenters. The predicted molar refractivity (Wildman–Crippen MR) is 141 cm³/mol. The summed E-state index contributed by atoms with van der Waals surface area (Å²) in [5.74, 6) is 0.00692. The Morgan fingerprint density at radius 1 is 1.00 bits per heavy atom. The van der Waals surface area contributed by atoms with E-state index in [-0.39, 0.29) is 6.61 Å². The molecule has 0 aliphatic rings. The molecule has 1 amide bonds. The number of ether oxygens (including phenoxy) is 1. The van der Waals surface area contributed by atoms with E-state index in [1.54, 1.807) is 22.8 Å². The Bertz CT molecular complexity index is 1840. The highest BCUT2D eigenvalue weighted by atomic mass is 16.5. The summed E-state index contributed by atoms with van der Waals surface area (Å²) in [6.45, 7) is 1.76. The molecule has 1 N–H and O–H groups in total. The molecule has 0 spiro atoms. The lowest BCUT2D eigenvalue weighted by molar-refractivity contribution is -0.119. The van der Waals surface area contributed by atoms with E-state index >= 15 is 0 Å². The number of carbonyl (C=O) groups excluding carboxylic acids is 1. The monoisotopic (exact) mass is 490 g/mol. The van der Waals surface area contributed by atoms with Crippen molar-refractivity contribution >= 4 is 33.4 Å². The van der Waals surface area contributed by atoms with Crippen LogP contribution in [0.4, 0.5) is 0 Å². The van der Waals surface area contributed by atoms with Crippen molar-refractivity contribution < 1.29 is 9.53 Å². The van der Waals surface area contributed by atoms with E-state index in [1.165, 1.54) is 12.4 Å². The summed E-state index contributed by atoms with van der Waals surface area (Å²) in [6, 6.07) is 20.9. The van der Waals surface area contributed by atoms with Crippen LogP contribution in [0.3, 0.4) is 0 Å². The second-order valence-corrected chi connectivity index (χ2v) is 8.48. The second-order valence-electron chi connectivity index (χ2n) is 8.48. The minimum Gasteiger partial charge on any atom is -0.481 e. The molecule has 0 saturated heterocycles. The fourth-order valence-electron chi connectivity index (χ4n) is 4.45. The molecule has 0 unspecified atom stereocenters. The van der Waals surface area contributed by atoms with Gasteiger partial charge >= 0.3 is 0 Å². The summed E-state index contributed by atoms with van der Waals surface area (Å²) < 4.78 is 8.52. The van der Waals surface area contributed by atoms with Crippen molar-refractivity contribution in [2.24, 2.45) is 0 Å². The molecule has 9 nitrogen and oxygen atoms in total. The van der Waals surface area contributed by atoms with Gasteiger partial charge in [0, 0.05) is 29.5 Å². The highest BCUT2D eigenvalue weighted by molar-refractivity contribution is 5.89. The first-order valence-electron chi connectivity index (χ1n) is 11.9. The average Bonchev–Trinajstić information content (AvgIpc) is 3.33. The van der Waals surface area contributed by atoms with Gasteiger partial charge in [0.25, 0.3) is 11.5 Å². The van der Waals surface area contributed by atoms with Crippen molar-refractivity contribution in [1.82, 2.24) is 24.3 Å². The third-order valence-corrected chi connectivity index (χ3v) is 6.18. The summed E-state index contributed by atoms with van der Waals surface area (Å²) in [7, 11) is 0. The molecular weight excluding hydrogens is 468 g/mol. The van der Waals surface area contributed by atoms with E-state index in [1.807, 2.05) is 61.5 Å². The van der Waals surface area contributed by atoms with Crippen LogP contribution in [-0.2, 0) is 11.2 Å². The van der Waals surface area contributed by atoms with Gasteiger partial charge in [-0.05, 0) is 30.2 Å². The van der Waals surface area contributed by atoms with Gasteiger partial charge in [0.1, 0.15) is 11.3 Å². The number of aryl methyl sites for hydroxylation is 1. The minimum absolute atomic E-state index is 0.281. The molecule has 6 aromatic rings. The normalized spacial score (nSPS) is 11.3. The quantitative estimate of drug-likeness (QED) is 0.379. The summed E-state index contributed by atoms with van der Waals surface area (Å²) in [5, 5.41) is 5.99. The van der Waals surface area contributed by atoms with Crippen LogP contribution in [0.2, 0.25) is 0 Å². The Labute approximate surface area is 211 Å². The number of benzene rings is 2. The molecule has 0 saturated carbocycles. The zero-order chi connectivity index (χ0) is 25.4. The van der Waals surface area contributed by atoms with Crippen molar-refractivity contribution in [1.29, 1.82) is 0 Å². The van der Waals surface area contributed by atoms with Crippen LogP contribution in [0, 0.1) is 0 Å². The van der Waals surface area contributed by atoms with Crippen LogP contribution in [0.1, 0.15) is 12.6 Å². The number of aromatic nitrogens is 5. The maximum Gasteiger partial charge on any atom is 0.280 e. The maximum atomic E-state index is 13.2. The van der Waals surface area contributed by atoms with E-state index in [0.29, 0.717) is 34.2 Å². The fourth-order valence-corrected chi connectivity index (χ4v) is 4.45. The lowest BCUT2D eigenvalue weighted by Crippen LogP contribution is -2.35. The topological polar surface area (TPSA) is 103 Å². The van der Waals surface area contributed by atoms with Crippen molar-refractivity contribution in [3.8, 4) is 16.9 Å². The first kappa shape index (κ1) is 22.4. The standard InChI is InChI=1S/C28H22N6O3/c1-2-21-25(18-8-4-3-5-9-18)27-30-16-20-22(34(27)31-21)13-15-33(28(20)36)32-24(35)17-37-23-12-6-10-19-11-7-14-29-26(19)23/h3-16H,2,17H2,1H3,(H,32,35). The number of para-hydroxylation sites is 1. The Morgan fingerprint density at radius 2 is 1.84 bits per heavy atom. The van der Waals surface area contributed by atoms with Crippen LogP contribution in [0.5, 0.6) is 5.75 Å². The van der Waals surface area contributed by atoms with Gasteiger partial charge in [0.05, 0.1) is 16.6 Å². The Balaban J connectivity index is 1.30. The molecule has 182 valence electrons. The lowest BCUT2D eigenvalue weighted by atomic mass is 10.0. The molecule has 0 aliphatic carbocycles. The number of amides is 1. The number of nitrogens with one attached hydrogen (secondary N) is 1. The number of carbonyl (C=O) groups is 1. The predicted octanol–water partition coefficient (Wildman–Crippen LogP) is 3.97. The zero-order valence-corrected chi connectivity index (χ0v) is 20.0. The van der Waals surface area contributed by atoms with Gasteiger partial charge in [-0.15, -0.1) is 0 Å². The van der Waals surface area contributed by atoms with Gasteiger partial charge in [-0.1, -0.05) is 55.5 Å². The van der Waals surface area contributed by atoms with E-state index < -0.39 is 11.5 Å². The number of fused-ring (bicyclic) bond motifs is 4. The molecule has 0 aliphatic heterocycles. The first-order chi connectivity index (χ1) is 18.1. The van der Waals surface area contributed by atoms with Gasteiger partial charge in [0.2, 0.25) is 0 Å². The highest BCUT2D eigenvalue weighted by Gasteiger charge is 2.18. The Hall–Kier alpha value is -5.05. The largest absolute Gasteiger partial charge is 0.481 e. The van der Waals surface area contributed by atoms with Crippen molar-refractivity contribution in [3.05, 3.63) is 101 Å². The van der Waals surface area contributed by atoms with Crippen molar-refractivity contribution in [2.75, 3.05) is 12.0 Å². The SMILES string of the molecule is CCc1nn2c(ncc3c(=O)n(NC(=O)COc4cccc5cccnc45)ccc32)c1-c1ccccc1. The Kier molecular flexibility index (Phi) is 5.57. The molecule has 6 rings (SSSR count). The summed E-state index contributed by atoms with van der Waals surface area (Å²) >= 11 is 0. The molecular formula is C28H22N6O3. The lowest BCUT2D eigenvalue weighted by Gasteiger charge is -2.11. The molecule has 37 heavy (non-hydrogen) atoms. The van der Waals surface area contributed by atoms with Gasteiger partial charge in [0.15, 0.2) is 12.3 Å². The average molecular weight is 491 g/mol. The van der Waals surface area contributed by atoms with Gasteiger partial charge in [-0.3, -0.25) is 20.0 Å². The minimum atomic E-state index is -0.484. The van der Waals surface area contributed by atoms with Crippen LogP contribution in [0.25, 0.3) is 38.6 Å². The van der Waals surface area contributed by atoms with E-state index in [0.717, 1.165) is 26.9 Å². The molecule has 0 fully saturated rings. The van der Waals surface area contributed by atoms with Crippen LogP contribution in [0.15, 0.2) is 90.1 Å². The Morgan fingerprint density at radius 3 is 2.68 bits per heavy atom. The third kappa shape index (κ3) is 3.96. The smallest absolute Gasteiger partial charge is 0.280 e. The first-order valence-corrected chi connectivity index (χ1v) is 11.9. The van der Waals surface area contributed by atoms with Crippen molar-refractivity contribution in [3.63, 3.8) is 0 Å². The molecule has 9 heteroatoms. The molecule has 0 bridgehead atoms. The van der Waals surface area contributed by atoms with Crippen LogP contribution >= 0.6 is 0 Å². The van der Waals surface area contributed by atoms with Gasteiger partial charge in [-0.2, -0.15) is 5.10 Å². The number of nitrogens with zero attached hydrogens (tertiary/aromatic N) is 5. The number of pyridine rings is 2. The number of hydrogen-bond donors (Lipinski definition) is 1. The van der Waals surface area contributed by atoms with Gasteiger partial charge in [-0.25, -0.2) is 14.2 Å². The zero-order valence-electron chi connectivity index (χ0n) is 20.0. The highest BCUT2D eigenvalue weighted by Crippen LogP contribution is 2.29. The molecule has 0 radical (unpaired) electrons. The number of rotatable bonds is 6. The fraction of sp³-hybridized carbons (Fsp3) is 0.107. The molecule has 2 aromatic carbocycles.